The van der Waals surface area contributed by atoms with Crippen molar-refractivity contribution < 1.29 is 4.79 Å². The van der Waals surface area contributed by atoms with E-state index < -0.39 is 0 Å². The van der Waals surface area contributed by atoms with Crippen LogP contribution in [-0.2, 0) is 4.79 Å². The molecule has 0 aromatic rings. The van der Waals surface area contributed by atoms with E-state index in [2.05, 4.69) is 13.8 Å². The summed E-state index contributed by atoms with van der Waals surface area (Å²) in [5.41, 5.74) is 5.84. The molecule has 1 atom stereocenters. The number of rotatable bonds is 4. The lowest BCUT2D eigenvalue weighted by Crippen LogP contribution is -2.49. The Labute approximate surface area is 112 Å². The van der Waals surface area contributed by atoms with Gasteiger partial charge in [0.2, 0.25) is 5.91 Å². The van der Waals surface area contributed by atoms with E-state index in [4.69, 9.17) is 5.73 Å². The Hall–Kier alpha value is -0.570. The standard InChI is InChI=1S/C15H30N2O/c1-6-15(4,11-16)13(18)17(5)12-7-9-14(2,3)10-8-12/h12H,6-11,16H2,1-5H3. The molecule has 0 aromatic carbocycles. The van der Waals surface area contributed by atoms with Crippen LogP contribution in [0.3, 0.4) is 0 Å². The maximum atomic E-state index is 12.5. The summed E-state index contributed by atoms with van der Waals surface area (Å²) in [6.45, 7) is 9.11. The normalized spacial score (nSPS) is 23.4. The molecule has 0 aliphatic heterocycles. The maximum Gasteiger partial charge on any atom is 0.229 e. The van der Waals surface area contributed by atoms with E-state index in [1.807, 2.05) is 25.8 Å². The molecule has 1 saturated carbocycles. The van der Waals surface area contributed by atoms with Crippen molar-refractivity contribution in [1.29, 1.82) is 0 Å². The van der Waals surface area contributed by atoms with Gasteiger partial charge in [-0.2, -0.15) is 0 Å². The van der Waals surface area contributed by atoms with Crippen LogP contribution < -0.4 is 5.73 Å². The van der Waals surface area contributed by atoms with Crippen LogP contribution in [0.1, 0.15) is 59.8 Å². The number of carbonyl (C=O) groups is 1. The summed E-state index contributed by atoms with van der Waals surface area (Å²) in [5, 5.41) is 0. The molecular weight excluding hydrogens is 224 g/mol. The molecule has 0 saturated heterocycles. The second kappa shape index (κ2) is 5.60. The lowest BCUT2D eigenvalue weighted by Gasteiger charge is -2.41. The predicted molar refractivity (Wildman–Crippen MR) is 76.3 cm³/mol. The second-order valence-electron chi connectivity index (χ2n) is 6.93. The molecule has 2 N–H and O–H groups in total. The van der Waals surface area contributed by atoms with Crippen molar-refractivity contribution in [3.05, 3.63) is 0 Å². The number of amides is 1. The highest BCUT2D eigenvalue weighted by Crippen LogP contribution is 2.37. The fraction of sp³-hybridized carbons (Fsp3) is 0.933. The van der Waals surface area contributed by atoms with E-state index in [1.54, 1.807) is 0 Å². The molecule has 1 unspecified atom stereocenters. The minimum Gasteiger partial charge on any atom is -0.342 e. The van der Waals surface area contributed by atoms with Crippen LogP contribution in [0, 0.1) is 10.8 Å². The van der Waals surface area contributed by atoms with Gasteiger partial charge in [-0.15, -0.1) is 0 Å². The van der Waals surface area contributed by atoms with E-state index in [-0.39, 0.29) is 11.3 Å². The SMILES string of the molecule is CCC(C)(CN)C(=O)N(C)C1CCC(C)(C)CC1. The van der Waals surface area contributed by atoms with Crippen molar-refractivity contribution in [1.82, 2.24) is 4.90 Å². The molecule has 1 rings (SSSR count). The van der Waals surface area contributed by atoms with Crippen LogP contribution in [0.4, 0.5) is 0 Å². The lowest BCUT2D eigenvalue weighted by molar-refractivity contribution is -0.142. The van der Waals surface area contributed by atoms with Crippen molar-refractivity contribution in [3.63, 3.8) is 0 Å². The van der Waals surface area contributed by atoms with Crippen molar-refractivity contribution in [3.8, 4) is 0 Å². The largest absolute Gasteiger partial charge is 0.342 e. The van der Waals surface area contributed by atoms with Gasteiger partial charge < -0.3 is 10.6 Å². The average molecular weight is 254 g/mol. The van der Waals surface area contributed by atoms with Gasteiger partial charge >= 0.3 is 0 Å². The zero-order valence-electron chi connectivity index (χ0n) is 12.8. The summed E-state index contributed by atoms with van der Waals surface area (Å²) in [6, 6.07) is 0.406. The van der Waals surface area contributed by atoms with Gasteiger partial charge in [0.15, 0.2) is 0 Å². The maximum absolute atomic E-state index is 12.5. The van der Waals surface area contributed by atoms with Gasteiger partial charge in [0, 0.05) is 19.6 Å². The van der Waals surface area contributed by atoms with E-state index in [0.717, 1.165) is 19.3 Å². The molecule has 0 aromatic heterocycles. The average Bonchev–Trinajstić information content (AvgIpc) is 2.36. The zero-order chi connectivity index (χ0) is 14.0. The molecule has 3 nitrogen and oxygen atoms in total. The minimum atomic E-state index is -0.387. The summed E-state index contributed by atoms with van der Waals surface area (Å²) >= 11 is 0. The van der Waals surface area contributed by atoms with Gasteiger partial charge in [-0.05, 0) is 44.4 Å². The summed E-state index contributed by atoms with van der Waals surface area (Å²) in [5.74, 6) is 0.220. The third kappa shape index (κ3) is 3.25. The van der Waals surface area contributed by atoms with Crippen LogP contribution in [-0.4, -0.2) is 30.4 Å². The smallest absolute Gasteiger partial charge is 0.229 e. The first kappa shape index (κ1) is 15.5. The highest BCUT2D eigenvalue weighted by molar-refractivity contribution is 5.82. The van der Waals surface area contributed by atoms with Crippen LogP contribution in [0.2, 0.25) is 0 Å². The Bertz CT molecular complexity index is 285. The van der Waals surface area contributed by atoms with Crippen molar-refractivity contribution in [2.45, 2.75) is 65.8 Å². The fourth-order valence-corrected chi connectivity index (χ4v) is 2.75. The van der Waals surface area contributed by atoms with Crippen LogP contribution in [0.15, 0.2) is 0 Å². The lowest BCUT2D eigenvalue weighted by atomic mass is 9.75. The Morgan fingerprint density at radius 2 is 1.89 bits per heavy atom. The summed E-state index contributed by atoms with van der Waals surface area (Å²) in [6.07, 6.45) is 5.48. The summed E-state index contributed by atoms with van der Waals surface area (Å²) in [7, 11) is 1.95. The van der Waals surface area contributed by atoms with E-state index >= 15 is 0 Å². The van der Waals surface area contributed by atoms with Gasteiger partial charge in [-0.25, -0.2) is 0 Å². The van der Waals surface area contributed by atoms with Gasteiger partial charge in [0.1, 0.15) is 0 Å². The number of hydrogen-bond acceptors (Lipinski definition) is 2. The van der Waals surface area contributed by atoms with E-state index in [9.17, 15) is 4.79 Å². The van der Waals surface area contributed by atoms with E-state index in [1.165, 1.54) is 12.8 Å². The topological polar surface area (TPSA) is 46.3 Å². The highest BCUT2D eigenvalue weighted by Gasteiger charge is 2.37. The first-order valence-corrected chi connectivity index (χ1v) is 7.23. The first-order chi connectivity index (χ1) is 8.25. The molecule has 1 aliphatic carbocycles. The number of hydrogen-bond donors (Lipinski definition) is 1. The van der Waals surface area contributed by atoms with E-state index in [0.29, 0.717) is 18.0 Å². The molecule has 0 radical (unpaired) electrons. The Morgan fingerprint density at radius 1 is 1.39 bits per heavy atom. The molecule has 0 bridgehead atoms. The third-order valence-electron chi connectivity index (χ3n) is 4.92. The molecule has 0 spiro atoms. The zero-order valence-corrected chi connectivity index (χ0v) is 12.8. The van der Waals surface area contributed by atoms with Gasteiger partial charge in [0.25, 0.3) is 0 Å². The fourth-order valence-electron chi connectivity index (χ4n) is 2.75. The molecule has 1 amide bonds. The van der Waals surface area contributed by atoms with Crippen LogP contribution in [0.25, 0.3) is 0 Å². The molecule has 18 heavy (non-hydrogen) atoms. The van der Waals surface area contributed by atoms with Crippen LogP contribution >= 0.6 is 0 Å². The van der Waals surface area contributed by atoms with Crippen LogP contribution in [0.5, 0.6) is 0 Å². The Morgan fingerprint density at radius 3 is 2.28 bits per heavy atom. The second-order valence-corrected chi connectivity index (χ2v) is 6.93. The first-order valence-electron chi connectivity index (χ1n) is 7.23. The van der Waals surface area contributed by atoms with Crippen molar-refractivity contribution in [2.75, 3.05) is 13.6 Å². The molecule has 1 aliphatic rings. The quantitative estimate of drug-likeness (QED) is 0.838. The molecule has 0 heterocycles. The summed E-state index contributed by atoms with van der Waals surface area (Å²) in [4.78, 5) is 14.5. The predicted octanol–water partition coefficient (Wildman–Crippen LogP) is 2.79. The van der Waals surface area contributed by atoms with Gasteiger partial charge in [-0.1, -0.05) is 20.8 Å². The molecule has 1 fully saturated rings. The van der Waals surface area contributed by atoms with Gasteiger partial charge in [0.05, 0.1) is 5.41 Å². The molecule has 106 valence electrons. The minimum absolute atomic E-state index is 0.220. The monoisotopic (exact) mass is 254 g/mol. The Balaban J connectivity index is 2.65. The summed E-state index contributed by atoms with van der Waals surface area (Å²) < 4.78 is 0. The molecular formula is C15H30N2O. The van der Waals surface area contributed by atoms with Crippen molar-refractivity contribution in [2.24, 2.45) is 16.6 Å². The van der Waals surface area contributed by atoms with Crippen molar-refractivity contribution >= 4 is 5.91 Å². The number of nitrogens with two attached hydrogens (primary N) is 1. The number of nitrogens with zero attached hydrogens (tertiary/aromatic N) is 1. The third-order valence-corrected chi connectivity index (χ3v) is 4.92. The molecule has 3 heteroatoms. The van der Waals surface area contributed by atoms with Gasteiger partial charge in [-0.3, -0.25) is 4.79 Å². The number of carbonyl (C=O) groups excluding carboxylic acids is 1. The highest BCUT2D eigenvalue weighted by atomic mass is 16.2. The Kier molecular flexibility index (Phi) is 4.82.